The third-order valence-electron chi connectivity index (χ3n) is 8.12. The highest BCUT2D eigenvalue weighted by Gasteiger charge is 2.44. The van der Waals surface area contributed by atoms with Crippen LogP contribution < -0.4 is 10.9 Å². The van der Waals surface area contributed by atoms with E-state index in [1.807, 2.05) is 42.2 Å². The number of nitrogens with one attached hydrogen (secondary N) is 2. The van der Waals surface area contributed by atoms with Gasteiger partial charge in [0.15, 0.2) is 0 Å². The zero-order valence-electron chi connectivity index (χ0n) is 22.4. The summed E-state index contributed by atoms with van der Waals surface area (Å²) in [5.41, 5.74) is 3.03. The van der Waals surface area contributed by atoms with Gasteiger partial charge in [0.2, 0.25) is 5.91 Å². The second kappa shape index (κ2) is 11.1. The molecule has 39 heavy (non-hydrogen) atoms. The molecule has 2 aromatic carbocycles. The van der Waals surface area contributed by atoms with Crippen molar-refractivity contribution >= 4 is 11.8 Å². The second-order valence-electron chi connectivity index (χ2n) is 10.6. The Balaban J connectivity index is 1.26. The molecule has 2 aliphatic rings. The zero-order chi connectivity index (χ0) is 27.6. The number of H-pyrrole nitrogens is 1. The van der Waals surface area contributed by atoms with Crippen molar-refractivity contribution in [3.63, 3.8) is 0 Å². The molecule has 2 amide bonds. The molecule has 2 fully saturated rings. The van der Waals surface area contributed by atoms with E-state index < -0.39 is 11.4 Å². The van der Waals surface area contributed by atoms with Crippen molar-refractivity contribution in [1.82, 2.24) is 25.3 Å². The van der Waals surface area contributed by atoms with Crippen LogP contribution in [0.2, 0.25) is 0 Å². The van der Waals surface area contributed by atoms with Crippen LogP contribution in [0.5, 0.6) is 0 Å². The van der Waals surface area contributed by atoms with E-state index in [0.717, 1.165) is 36.1 Å². The summed E-state index contributed by atoms with van der Waals surface area (Å²) >= 11 is 0. The Hall–Kier alpha value is -3.85. The number of hydrogen-bond acceptors (Lipinski definition) is 5. The van der Waals surface area contributed by atoms with Crippen LogP contribution in [0.3, 0.4) is 0 Å². The first-order valence-electron chi connectivity index (χ1n) is 13.5. The highest BCUT2D eigenvalue weighted by Crippen LogP contribution is 2.27. The molecule has 2 aliphatic heterocycles. The molecule has 5 rings (SSSR count). The molecule has 8 nitrogen and oxygen atoms in total. The average molecular weight is 532 g/mol. The van der Waals surface area contributed by atoms with Crippen LogP contribution >= 0.6 is 0 Å². The molecule has 0 spiro atoms. The number of carbonyl (C=O) groups is 2. The van der Waals surface area contributed by atoms with Gasteiger partial charge in [-0.25, -0.2) is 9.49 Å². The number of aromatic amines is 1. The van der Waals surface area contributed by atoms with Gasteiger partial charge in [-0.05, 0) is 68.5 Å². The minimum Gasteiger partial charge on any atom is -0.338 e. The van der Waals surface area contributed by atoms with Crippen molar-refractivity contribution in [2.75, 3.05) is 32.7 Å². The highest BCUT2D eigenvalue weighted by atomic mass is 19.1. The quantitative estimate of drug-likeness (QED) is 0.510. The van der Waals surface area contributed by atoms with Crippen LogP contribution in [0.4, 0.5) is 4.39 Å². The molecule has 1 unspecified atom stereocenters. The predicted octanol–water partition coefficient (Wildman–Crippen LogP) is 2.77. The number of carbonyl (C=O) groups excluding carboxylic acids is 2. The molecule has 0 radical (unpaired) electrons. The first-order valence-corrected chi connectivity index (χ1v) is 13.5. The molecular weight excluding hydrogens is 497 g/mol. The number of amides is 2. The van der Waals surface area contributed by atoms with Gasteiger partial charge >= 0.3 is 0 Å². The van der Waals surface area contributed by atoms with Crippen molar-refractivity contribution in [3.8, 4) is 0 Å². The number of rotatable bonds is 6. The summed E-state index contributed by atoms with van der Waals surface area (Å²) in [6.45, 7) is 5.86. The summed E-state index contributed by atoms with van der Waals surface area (Å²) in [7, 11) is 0. The van der Waals surface area contributed by atoms with E-state index in [1.54, 1.807) is 24.0 Å². The van der Waals surface area contributed by atoms with E-state index in [4.69, 9.17) is 0 Å². The Morgan fingerprint density at radius 2 is 1.69 bits per heavy atom. The van der Waals surface area contributed by atoms with Crippen molar-refractivity contribution in [1.29, 1.82) is 0 Å². The fourth-order valence-corrected chi connectivity index (χ4v) is 5.63. The van der Waals surface area contributed by atoms with Crippen LogP contribution in [0, 0.1) is 19.7 Å². The summed E-state index contributed by atoms with van der Waals surface area (Å²) in [4.78, 5) is 42.3. The maximum Gasteiger partial charge on any atom is 0.267 e. The van der Waals surface area contributed by atoms with E-state index >= 15 is 0 Å². The Labute approximate surface area is 227 Å². The fraction of sp³-hybridized carbons (Fsp3) is 0.400. The van der Waals surface area contributed by atoms with Gasteiger partial charge in [-0.3, -0.25) is 14.4 Å². The minimum atomic E-state index is -0.625. The van der Waals surface area contributed by atoms with Gasteiger partial charge in [0.1, 0.15) is 11.4 Å². The van der Waals surface area contributed by atoms with Gasteiger partial charge in [-0.2, -0.15) is 5.10 Å². The molecule has 0 bridgehead atoms. The first-order chi connectivity index (χ1) is 18.8. The van der Waals surface area contributed by atoms with Gasteiger partial charge in [-0.1, -0.05) is 36.4 Å². The number of aromatic nitrogens is 2. The molecule has 1 atom stereocenters. The summed E-state index contributed by atoms with van der Waals surface area (Å²) in [5, 5.41) is 10.1. The minimum absolute atomic E-state index is 0.00378. The van der Waals surface area contributed by atoms with Crippen molar-refractivity contribution in [2.45, 2.75) is 45.1 Å². The molecule has 9 heteroatoms. The lowest BCUT2D eigenvalue weighted by Gasteiger charge is -2.40. The van der Waals surface area contributed by atoms with Crippen molar-refractivity contribution < 1.29 is 14.0 Å². The maximum atomic E-state index is 14.8. The lowest BCUT2D eigenvalue weighted by Crippen LogP contribution is -2.60. The number of nitrogens with zero attached hydrogens (tertiary/aromatic N) is 3. The smallest absolute Gasteiger partial charge is 0.267 e. The summed E-state index contributed by atoms with van der Waals surface area (Å²) < 4.78 is 14.8. The van der Waals surface area contributed by atoms with Gasteiger partial charge < -0.3 is 15.1 Å². The lowest BCUT2D eigenvalue weighted by molar-refractivity contribution is -0.139. The van der Waals surface area contributed by atoms with Gasteiger partial charge in [0.25, 0.3) is 11.5 Å². The number of benzene rings is 2. The molecule has 1 aromatic heterocycles. The number of halogens is 1. The molecule has 3 heterocycles. The Morgan fingerprint density at radius 3 is 2.38 bits per heavy atom. The van der Waals surface area contributed by atoms with E-state index in [-0.39, 0.29) is 22.9 Å². The number of piperazine rings is 1. The number of hydrogen-bond donors (Lipinski definition) is 2. The lowest BCUT2D eigenvalue weighted by atomic mass is 9.87. The Morgan fingerprint density at radius 1 is 0.974 bits per heavy atom. The molecule has 204 valence electrons. The largest absolute Gasteiger partial charge is 0.338 e. The Kier molecular flexibility index (Phi) is 7.61. The van der Waals surface area contributed by atoms with Crippen LogP contribution in [0.1, 0.15) is 51.1 Å². The van der Waals surface area contributed by atoms with E-state index in [9.17, 15) is 18.8 Å². The maximum absolute atomic E-state index is 14.8. The standard InChI is InChI=1S/C30H34FN5O3/c1-20-21(2)27(37)34-33-26(20)18-23-9-10-25(31)24(17-23)28(38)35-13-15-36(16-14-35)29(39)30(11-6-12-32-30)19-22-7-4-3-5-8-22/h3-5,7-10,17,32H,6,11-16,18-19H2,1-2H3,(H,34,37). The second-order valence-corrected chi connectivity index (χ2v) is 10.6. The van der Waals surface area contributed by atoms with Gasteiger partial charge in [0, 0.05) is 38.2 Å². The van der Waals surface area contributed by atoms with Crippen LogP contribution in [-0.4, -0.2) is 70.1 Å². The third-order valence-corrected chi connectivity index (χ3v) is 8.12. The van der Waals surface area contributed by atoms with E-state index in [2.05, 4.69) is 15.5 Å². The van der Waals surface area contributed by atoms with Crippen molar-refractivity contribution in [3.05, 3.63) is 98.2 Å². The first kappa shape index (κ1) is 26.7. The predicted molar refractivity (Wildman–Crippen MR) is 146 cm³/mol. The van der Waals surface area contributed by atoms with Crippen LogP contribution in [0.15, 0.2) is 53.3 Å². The van der Waals surface area contributed by atoms with Crippen molar-refractivity contribution in [2.24, 2.45) is 0 Å². The van der Waals surface area contributed by atoms with E-state index in [0.29, 0.717) is 50.3 Å². The van der Waals surface area contributed by atoms with Crippen LogP contribution in [-0.2, 0) is 17.6 Å². The topological polar surface area (TPSA) is 98.4 Å². The summed E-state index contributed by atoms with van der Waals surface area (Å²) in [6.07, 6.45) is 2.72. The van der Waals surface area contributed by atoms with E-state index in [1.165, 1.54) is 6.07 Å². The third kappa shape index (κ3) is 5.49. The zero-order valence-corrected chi connectivity index (χ0v) is 22.4. The van der Waals surface area contributed by atoms with Crippen LogP contribution in [0.25, 0.3) is 0 Å². The average Bonchev–Trinajstić information content (AvgIpc) is 3.43. The molecule has 0 aliphatic carbocycles. The summed E-state index contributed by atoms with van der Waals surface area (Å²) in [5.74, 6) is -0.897. The normalized spacial score (nSPS) is 19.4. The van der Waals surface area contributed by atoms with Gasteiger partial charge in [-0.15, -0.1) is 0 Å². The summed E-state index contributed by atoms with van der Waals surface area (Å²) in [6, 6.07) is 14.5. The molecule has 3 aromatic rings. The molecule has 2 N–H and O–H groups in total. The SMILES string of the molecule is Cc1c(Cc2ccc(F)c(C(=O)N3CCN(C(=O)C4(Cc5ccccc5)CCCN4)CC3)c2)n[nH]c(=O)c1C. The molecule has 2 saturated heterocycles. The van der Waals surface area contributed by atoms with Gasteiger partial charge in [0.05, 0.1) is 11.3 Å². The highest BCUT2D eigenvalue weighted by molar-refractivity contribution is 5.95. The molecule has 0 saturated carbocycles. The Bertz CT molecular complexity index is 1420. The fourth-order valence-electron chi connectivity index (χ4n) is 5.63. The molecular formula is C30H34FN5O3. The monoisotopic (exact) mass is 531 g/mol.